The summed E-state index contributed by atoms with van der Waals surface area (Å²) < 4.78 is 47.5. The summed E-state index contributed by atoms with van der Waals surface area (Å²) >= 11 is 0. The SMILES string of the molecule is COC(=O)c1cc2c(cn1)COC2(C)CC(F)(F)F. The standard InChI is InChI=1S/C12H12F3NO3/c1-11(6-12(13,14)15)8-3-9(10(17)18-2)16-4-7(8)5-19-11/h3-4H,5-6H2,1-2H3. The van der Waals surface area contributed by atoms with Gasteiger partial charge in [0.1, 0.15) is 5.69 Å². The molecule has 104 valence electrons. The molecule has 7 heteroatoms. The van der Waals surface area contributed by atoms with Crippen molar-refractivity contribution in [2.24, 2.45) is 0 Å². The van der Waals surface area contributed by atoms with E-state index in [4.69, 9.17) is 4.74 Å². The fourth-order valence-corrected chi connectivity index (χ4v) is 2.15. The number of ether oxygens (including phenoxy) is 2. The first-order valence-electron chi connectivity index (χ1n) is 5.53. The van der Waals surface area contributed by atoms with Gasteiger partial charge in [-0.1, -0.05) is 0 Å². The van der Waals surface area contributed by atoms with Crippen molar-refractivity contribution < 1.29 is 27.4 Å². The molecule has 1 aromatic heterocycles. The third kappa shape index (κ3) is 2.70. The predicted octanol–water partition coefficient (Wildman–Crippen LogP) is 2.57. The molecule has 0 saturated heterocycles. The van der Waals surface area contributed by atoms with Crippen LogP contribution < -0.4 is 0 Å². The molecule has 0 aromatic carbocycles. The van der Waals surface area contributed by atoms with Gasteiger partial charge < -0.3 is 9.47 Å². The second-order valence-electron chi connectivity index (χ2n) is 4.53. The van der Waals surface area contributed by atoms with Crippen LogP contribution in [0.15, 0.2) is 12.3 Å². The van der Waals surface area contributed by atoms with Crippen molar-refractivity contribution in [2.75, 3.05) is 7.11 Å². The summed E-state index contributed by atoms with van der Waals surface area (Å²) in [6.45, 7) is 1.41. The van der Waals surface area contributed by atoms with Gasteiger partial charge in [-0.05, 0) is 18.6 Å². The first kappa shape index (κ1) is 13.8. The van der Waals surface area contributed by atoms with Crippen LogP contribution in [-0.4, -0.2) is 24.2 Å². The highest BCUT2D eigenvalue weighted by molar-refractivity contribution is 5.87. The number of esters is 1. The minimum atomic E-state index is -4.36. The van der Waals surface area contributed by atoms with Gasteiger partial charge >= 0.3 is 12.1 Å². The Bertz CT molecular complexity index is 515. The van der Waals surface area contributed by atoms with Gasteiger partial charge in [0.25, 0.3) is 0 Å². The smallest absolute Gasteiger partial charge is 0.392 e. The maximum absolute atomic E-state index is 12.6. The maximum atomic E-state index is 12.6. The number of rotatable bonds is 2. The van der Waals surface area contributed by atoms with Gasteiger partial charge in [-0.2, -0.15) is 13.2 Å². The maximum Gasteiger partial charge on any atom is 0.392 e. The molecule has 1 unspecified atom stereocenters. The lowest BCUT2D eigenvalue weighted by molar-refractivity contribution is -0.184. The van der Waals surface area contributed by atoms with Crippen LogP contribution in [0.1, 0.15) is 35.0 Å². The van der Waals surface area contributed by atoms with Crippen LogP contribution in [0.4, 0.5) is 13.2 Å². The number of carbonyl (C=O) groups excluding carboxylic acids is 1. The summed E-state index contributed by atoms with van der Waals surface area (Å²) in [5.41, 5.74) is -0.626. The Labute approximate surface area is 107 Å². The van der Waals surface area contributed by atoms with E-state index in [-0.39, 0.29) is 12.3 Å². The van der Waals surface area contributed by atoms with E-state index in [9.17, 15) is 18.0 Å². The fraction of sp³-hybridized carbons (Fsp3) is 0.500. The Morgan fingerprint density at radius 3 is 2.84 bits per heavy atom. The van der Waals surface area contributed by atoms with E-state index >= 15 is 0 Å². The number of carbonyl (C=O) groups is 1. The molecule has 0 aliphatic carbocycles. The second-order valence-corrected chi connectivity index (χ2v) is 4.53. The molecule has 0 amide bonds. The van der Waals surface area contributed by atoms with Crippen LogP contribution in [-0.2, 0) is 21.7 Å². The van der Waals surface area contributed by atoms with E-state index in [1.165, 1.54) is 26.3 Å². The summed E-state index contributed by atoms with van der Waals surface area (Å²) in [6, 6.07) is 1.31. The molecular formula is C12H12F3NO3. The van der Waals surface area contributed by atoms with E-state index in [1.807, 2.05) is 0 Å². The number of pyridine rings is 1. The van der Waals surface area contributed by atoms with Gasteiger partial charge in [-0.25, -0.2) is 9.78 Å². The van der Waals surface area contributed by atoms with Gasteiger partial charge in [0, 0.05) is 11.8 Å². The number of hydrogen-bond acceptors (Lipinski definition) is 4. The normalized spacial score (nSPS) is 22.2. The summed E-state index contributed by atoms with van der Waals surface area (Å²) in [7, 11) is 1.18. The fourth-order valence-electron chi connectivity index (χ4n) is 2.15. The molecule has 0 N–H and O–H groups in total. The van der Waals surface area contributed by atoms with E-state index in [0.717, 1.165) is 0 Å². The van der Waals surface area contributed by atoms with E-state index in [2.05, 4.69) is 9.72 Å². The number of methoxy groups -OCH3 is 1. The molecule has 0 fully saturated rings. The Hall–Kier alpha value is -1.63. The molecule has 2 heterocycles. The van der Waals surface area contributed by atoms with Crippen LogP contribution in [0, 0.1) is 0 Å². The summed E-state index contributed by atoms with van der Waals surface area (Å²) in [6.07, 6.45) is -4.12. The van der Waals surface area contributed by atoms with Crippen molar-refractivity contribution in [3.05, 3.63) is 29.1 Å². The number of hydrogen-bond donors (Lipinski definition) is 0. The largest absolute Gasteiger partial charge is 0.464 e. The van der Waals surface area contributed by atoms with E-state index < -0.39 is 24.2 Å². The van der Waals surface area contributed by atoms with Gasteiger partial charge in [-0.3, -0.25) is 0 Å². The minimum Gasteiger partial charge on any atom is -0.464 e. The molecule has 1 aliphatic rings. The first-order valence-corrected chi connectivity index (χ1v) is 5.53. The average molecular weight is 275 g/mol. The van der Waals surface area contributed by atoms with Crippen molar-refractivity contribution in [3.63, 3.8) is 0 Å². The molecule has 0 saturated carbocycles. The summed E-state index contributed by atoms with van der Waals surface area (Å²) in [4.78, 5) is 15.2. The minimum absolute atomic E-state index is 0.0276. The van der Waals surface area contributed by atoms with Crippen LogP contribution in [0.2, 0.25) is 0 Å². The molecule has 1 aromatic rings. The number of halogens is 3. The molecule has 19 heavy (non-hydrogen) atoms. The highest BCUT2D eigenvalue weighted by Crippen LogP contribution is 2.43. The van der Waals surface area contributed by atoms with Crippen molar-refractivity contribution in [1.82, 2.24) is 4.98 Å². The van der Waals surface area contributed by atoms with Crippen LogP contribution in [0.3, 0.4) is 0 Å². The lowest BCUT2D eigenvalue weighted by atomic mass is 9.91. The van der Waals surface area contributed by atoms with Crippen molar-refractivity contribution in [1.29, 1.82) is 0 Å². The summed E-state index contributed by atoms with van der Waals surface area (Å²) in [5, 5.41) is 0. The van der Waals surface area contributed by atoms with E-state index in [1.54, 1.807) is 0 Å². The Kier molecular flexibility index (Phi) is 3.25. The van der Waals surface area contributed by atoms with Gasteiger partial charge in [0.05, 0.1) is 25.7 Å². The number of aromatic nitrogens is 1. The van der Waals surface area contributed by atoms with Crippen LogP contribution in [0.25, 0.3) is 0 Å². The second kappa shape index (κ2) is 4.48. The van der Waals surface area contributed by atoms with Gasteiger partial charge in [0.2, 0.25) is 0 Å². The molecule has 4 nitrogen and oxygen atoms in total. The third-order valence-corrected chi connectivity index (χ3v) is 3.03. The van der Waals surface area contributed by atoms with Crippen LogP contribution in [0.5, 0.6) is 0 Å². The van der Waals surface area contributed by atoms with Crippen molar-refractivity contribution >= 4 is 5.97 Å². The predicted molar refractivity (Wildman–Crippen MR) is 58.4 cm³/mol. The molecule has 0 bridgehead atoms. The Morgan fingerprint density at radius 1 is 1.58 bits per heavy atom. The molecule has 1 aliphatic heterocycles. The first-order chi connectivity index (χ1) is 8.75. The zero-order valence-corrected chi connectivity index (χ0v) is 10.4. The molecular weight excluding hydrogens is 263 g/mol. The quantitative estimate of drug-likeness (QED) is 0.778. The molecule has 0 radical (unpaired) electrons. The number of nitrogens with zero attached hydrogens (tertiary/aromatic N) is 1. The highest BCUT2D eigenvalue weighted by atomic mass is 19.4. The number of alkyl halides is 3. The van der Waals surface area contributed by atoms with Gasteiger partial charge in [0.15, 0.2) is 0 Å². The molecule has 1 atom stereocenters. The van der Waals surface area contributed by atoms with Crippen molar-refractivity contribution in [3.8, 4) is 0 Å². The third-order valence-electron chi connectivity index (χ3n) is 3.03. The van der Waals surface area contributed by atoms with E-state index in [0.29, 0.717) is 11.1 Å². The highest BCUT2D eigenvalue weighted by Gasteiger charge is 2.45. The zero-order valence-electron chi connectivity index (χ0n) is 10.4. The van der Waals surface area contributed by atoms with Crippen LogP contribution >= 0.6 is 0 Å². The zero-order chi connectivity index (χ0) is 14.3. The van der Waals surface area contributed by atoms with Gasteiger partial charge in [-0.15, -0.1) is 0 Å². The monoisotopic (exact) mass is 275 g/mol. The lowest BCUT2D eigenvalue weighted by Gasteiger charge is -2.26. The Morgan fingerprint density at radius 2 is 2.26 bits per heavy atom. The molecule has 0 spiro atoms. The molecule has 2 rings (SSSR count). The summed E-state index contributed by atoms with van der Waals surface area (Å²) in [5.74, 6) is -0.691. The number of fused-ring (bicyclic) bond motifs is 1. The Balaban J connectivity index is 2.39. The topological polar surface area (TPSA) is 48.4 Å². The average Bonchev–Trinajstić information content (AvgIpc) is 2.63. The van der Waals surface area contributed by atoms with Crippen molar-refractivity contribution in [2.45, 2.75) is 31.7 Å². The lowest BCUT2D eigenvalue weighted by Crippen LogP contribution is -2.29.